The maximum Gasteiger partial charge on any atom is 0.305 e. The lowest BCUT2D eigenvalue weighted by molar-refractivity contribution is -0.152. The molecule has 2 N–H and O–H groups in total. The number of nitrogens with zero attached hydrogens (tertiary/aromatic N) is 3. The van der Waals surface area contributed by atoms with Gasteiger partial charge in [0.2, 0.25) is 5.28 Å². The van der Waals surface area contributed by atoms with Gasteiger partial charge in [0.1, 0.15) is 24.3 Å². The van der Waals surface area contributed by atoms with Crippen molar-refractivity contribution in [1.82, 2.24) is 14.5 Å². The molecule has 2 aromatic heterocycles. The van der Waals surface area contributed by atoms with Crippen molar-refractivity contribution in [3.63, 3.8) is 0 Å². The molecule has 0 saturated carbocycles. The molecule has 1 aliphatic heterocycles. The number of fused-ring (bicyclic) bond motifs is 1. The molecule has 1 aliphatic rings. The molecule has 1 fully saturated rings. The zero-order valence-electron chi connectivity index (χ0n) is 16.7. The molecule has 29 heavy (non-hydrogen) atoms. The summed E-state index contributed by atoms with van der Waals surface area (Å²) >= 11 is 5.95. The zero-order valence-corrected chi connectivity index (χ0v) is 17.5. The summed E-state index contributed by atoms with van der Waals surface area (Å²) in [6, 6.07) is 1.82. The van der Waals surface area contributed by atoms with Crippen LogP contribution in [0.5, 0.6) is 0 Å². The van der Waals surface area contributed by atoms with Gasteiger partial charge in [-0.15, -0.1) is 6.42 Å². The van der Waals surface area contributed by atoms with Gasteiger partial charge in [0.05, 0.1) is 5.39 Å². The zero-order chi connectivity index (χ0) is 20.9. The Labute approximate surface area is 175 Å². The molecule has 0 amide bonds. The second-order valence-electron chi connectivity index (χ2n) is 7.41. The Morgan fingerprint density at radius 1 is 1.45 bits per heavy atom. The Morgan fingerprint density at radius 2 is 2.24 bits per heavy atom. The molecule has 3 rings (SSSR count). The summed E-state index contributed by atoms with van der Waals surface area (Å²) in [5.74, 6) is 2.76. The molecule has 7 nitrogen and oxygen atoms in total. The number of nitrogens with two attached hydrogens (primary N) is 1. The van der Waals surface area contributed by atoms with Gasteiger partial charge in [-0.25, -0.2) is 4.98 Å². The monoisotopic (exact) mass is 418 g/mol. The van der Waals surface area contributed by atoms with Crippen LogP contribution >= 0.6 is 11.6 Å². The van der Waals surface area contributed by atoms with Crippen LogP contribution in [0.15, 0.2) is 12.3 Å². The van der Waals surface area contributed by atoms with Crippen LogP contribution < -0.4 is 5.73 Å². The Bertz CT molecular complexity index is 907. The number of hydrogen-bond donors (Lipinski definition) is 1. The highest BCUT2D eigenvalue weighted by atomic mass is 35.5. The Kier molecular flexibility index (Phi) is 6.99. The first-order chi connectivity index (χ1) is 14.0. The van der Waals surface area contributed by atoms with Crippen molar-refractivity contribution in [3.05, 3.63) is 17.5 Å². The molecule has 0 radical (unpaired) electrons. The minimum absolute atomic E-state index is 0.0465. The van der Waals surface area contributed by atoms with Crippen molar-refractivity contribution in [1.29, 1.82) is 0 Å². The molecule has 8 heteroatoms. The van der Waals surface area contributed by atoms with E-state index in [0.29, 0.717) is 36.1 Å². The van der Waals surface area contributed by atoms with E-state index in [1.54, 1.807) is 0 Å². The van der Waals surface area contributed by atoms with Crippen molar-refractivity contribution in [2.75, 3.05) is 12.3 Å². The fourth-order valence-electron chi connectivity index (χ4n) is 3.59. The van der Waals surface area contributed by atoms with Crippen LogP contribution in [-0.4, -0.2) is 32.7 Å². The predicted octanol–water partition coefficient (Wildman–Crippen LogP) is 4.25. The number of unbranched alkanes of at least 4 members (excludes halogenated alkanes) is 4. The summed E-state index contributed by atoms with van der Waals surface area (Å²) in [6.45, 7) is 2.21. The quantitative estimate of drug-likeness (QED) is 0.283. The van der Waals surface area contributed by atoms with Gasteiger partial charge in [-0.2, -0.15) is 4.98 Å². The molecule has 0 aliphatic carbocycles. The van der Waals surface area contributed by atoms with E-state index < -0.39 is 5.60 Å². The molecule has 2 unspecified atom stereocenters. The maximum absolute atomic E-state index is 12.1. The van der Waals surface area contributed by atoms with Crippen LogP contribution in [0, 0.1) is 12.3 Å². The van der Waals surface area contributed by atoms with Crippen LogP contribution in [0.25, 0.3) is 11.0 Å². The van der Waals surface area contributed by atoms with Gasteiger partial charge in [0, 0.05) is 12.6 Å². The van der Waals surface area contributed by atoms with E-state index in [9.17, 15) is 4.79 Å². The van der Waals surface area contributed by atoms with Crippen molar-refractivity contribution >= 4 is 34.4 Å². The summed E-state index contributed by atoms with van der Waals surface area (Å²) < 4.78 is 13.4. The van der Waals surface area contributed by atoms with Gasteiger partial charge in [-0.3, -0.25) is 4.79 Å². The summed E-state index contributed by atoms with van der Waals surface area (Å²) in [4.78, 5) is 20.3. The standard InChI is InChI=1S/C21H27ClN4O3/c1-3-5-6-7-8-9-17(27)28-14-21(4-2)12-10-16(29-21)26-13-11-15-18(23)24-20(22)25-19(15)26/h2,11,13,16H,3,5-10,12,14H2,1H3,(H2,23,24,25). The van der Waals surface area contributed by atoms with E-state index >= 15 is 0 Å². The van der Waals surface area contributed by atoms with Crippen molar-refractivity contribution in [3.8, 4) is 12.3 Å². The van der Waals surface area contributed by atoms with E-state index in [-0.39, 0.29) is 24.1 Å². The van der Waals surface area contributed by atoms with Gasteiger partial charge < -0.3 is 19.8 Å². The number of ether oxygens (including phenoxy) is 2. The average Bonchev–Trinajstić information content (AvgIpc) is 3.31. The number of halogens is 1. The maximum atomic E-state index is 12.1. The van der Waals surface area contributed by atoms with Crippen LogP contribution in [0.3, 0.4) is 0 Å². The Balaban J connectivity index is 1.59. The molecule has 2 aromatic rings. The lowest BCUT2D eigenvalue weighted by atomic mass is 10.0. The summed E-state index contributed by atoms with van der Waals surface area (Å²) in [7, 11) is 0. The second kappa shape index (κ2) is 9.47. The average molecular weight is 419 g/mol. The molecule has 1 saturated heterocycles. The number of anilines is 1. The van der Waals surface area contributed by atoms with E-state index in [1.807, 2.05) is 16.8 Å². The van der Waals surface area contributed by atoms with Crippen molar-refractivity contribution < 1.29 is 14.3 Å². The van der Waals surface area contributed by atoms with Crippen LogP contribution in [0.1, 0.15) is 64.5 Å². The minimum Gasteiger partial charge on any atom is -0.462 e. The Morgan fingerprint density at radius 3 is 3.00 bits per heavy atom. The third-order valence-corrected chi connectivity index (χ3v) is 5.42. The smallest absolute Gasteiger partial charge is 0.305 e. The number of hydrogen-bond acceptors (Lipinski definition) is 6. The second-order valence-corrected chi connectivity index (χ2v) is 7.75. The number of nitrogen functional groups attached to an aromatic ring is 1. The fraction of sp³-hybridized carbons (Fsp3) is 0.571. The molecular formula is C21H27ClN4O3. The molecule has 0 bridgehead atoms. The van der Waals surface area contributed by atoms with Gasteiger partial charge in [-0.1, -0.05) is 38.5 Å². The van der Waals surface area contributed by atoms with E-state index in [1.165, 1.54) is 12.8 Å². The van der Waals surface area contributed by atoms with Crippen molar-refractivity contribution in [2.24, 2.45) is 0 Å². The molecule has 0 spiro atoms. The fourth-order valence-corrected chi connectivity index (χ4v) is 3.76. The normalized spacial score (nSPS) is 21.3. The Hall–Kier alpha value is -2.30. The third kappa shape index (κ3) is 5.01. The van der Waals surface area contributed by atoms with E-state index in [2.05, 4.69) is 22.8 Å². The number of carbonyl (C=O) groups excluding carboxylic acids is 1. The van der Waals surface area contributed by atoms with Crippen LogP contribution in [0.2, 0.25) is 5.28 Å². The van der Waals surface area contributed by atoms with Gasteiger partial charge in [0.15, 0.2) is 5.60 Å². The summed E-state index contributed by atoms with van der Waals surface area (Å²) in [5, 5.41) is 0.773. The first-order valence-corrected chi connectivity index (χ1v) is 10.5. The third-order valence-electron chi connectivity index (χ3n) is 5.25. The van der Waals surface area contributed by atoms with Gasteiger partial charge >= 0.3 is 5.97 Å². The highest BCUT2D eigenvalue weighted by Crippen LogP contribution is 2.38. The SMILES string of the molecule is C#CC1(COC(=O)CCCCCCC)CCC(n2ccc3c(N)nc(Cl)nc32)O1. The minimum atomic E-state index is -0.943. The number of aromatic nitrogens is 3. The first-order valence-electron chi connectivity index (χ1n) is 10.1. The topological polar surface area (TPSA) is 92.3 Å². The van der Waals surface area contributed by atoms with Crippen molar-refractivity contribution in [2.45, 2.75) is 70.1 Å². The van der Waals surface area contributed by atoms with Crippen LogP contribution in [0.4, 0.5) is 5.82 Å². The largest absolute Gasteiger partial charge is 0.462 e. The predicted molar refractivity (Wildman–Crippen MR) is 112 cm³/mol. The number of terminal acetylenes is 1. The lowest BCUT2D eigenvalue weighted by Gasteiger charge is -2.24. The number of carbonyl (C=O) groups is 1. The lowest BCUT2D eigenvalue weighted by Crippen LogP contribution is -2.34. The summed E-state index contributed by atoms with van der Waals surface area (Å²) in [5.41, 5.74) is 5.56. The highest BCUT2D eigenvalue weighted by molar-refractivity contribution is 6.28. The van der Waals surface area contributed by atoms with E-state index in [4.69, 9.17) is 33.2 Å². The van der Waals surface area contributed by atoms with Crippen LogP contribution in [-0.2, 0) is 14.3 Å². The summed E-state index contributed by atoms with van der Waals surface area (Å²) in [6.07, 6.45) is 14.3. The molecular weight excluding hydrogens is 392 g/mol. The first kappa shape index (κ1) is 21.4. The molecule has 156 valence electrons. The number of rotatable bonds is 9. The molecule has 0 aromatic carbocycles. The number of esters is 1. The van der Waals surface area contributed by atoms with E-state index in [0.717, 1.165) is 19.3 Å². The highest BCUT2D eigenvalue weighted by Gasteiger charge is 2.41. The van der Waals surface area contributed by atoms with Gasteiger partial charge in [-0.05, 0) is 36.9 Å². The molecule has 2 atom stereocenters. The van der Waals surface area contributed by atoms with Gasteiger partial charge in [0.25, 0.3) is 0 Å². The molecule has 3 heterocycles.